The van der Waals surface area contributed by atoms with E-state index in [-0.39, 0.29) is 25.1 Å². The third-order valence-electron chi connectivity index (χ3n) is 3.22. The molecule has 0 aliphatic carbocycles. The molecule has 2 rings (SSSR count). The van der Waals surface area contributed by atoms with E-state index in [4.69, 9.17) is 10.5 Å². The Bertz CT molecular complexity index is 655. The molecule has 0 aliphatic heterocycles. The van der Waals surface area contributed by atoms with Gasteiger partial charge in [0, 0.05) is 0 Å². The average molecular weight is 386 g/mol. The minimum absolute atomic E-state index is 0. The fraction of sp³-hybridized carbons (Fsp3) is 0.250. The summed E-state index contributed by atoms with van der Waals surface area (Å²) >= 11 is 0. The molecule has 0 fully saturated rings. The molecule has 138 valence electrons. The number of ether oxygens (including phenoxy) is 1. The zero-order valence-electron chi connectivity index (χ0n) is 12.6. The molecule has 1 atom stereocenters. The summed E-state index contributed by atoms with van der Waals surface area (Å²) in [5, 5.41) is 0. The second kappa shape index (κ2) is 7.97. The molecule has 0 amide bonds. The molecule has 0 bridgehead atoms. The van der Waals surface area contributed by atoms with Gasteiger partial charge in [0.05, 0.1) is 17.2 Å². The van der Waals surface area contributed by atoms with Crippen molar-refractivity contribution in [2.45, 2.75) is 18.4 Å². The molecule has 0 spiro atoms. The van der Waals surface area contributed by atoms with Crippen molar-refractivity contribution in [2.24, 2.45) is 5.73 Å². The lowest BCUT2D eigenvalue weighted by Crippen LogP contribution is -2.19. The van der Waals surface area contributed by atoms with Crippen LogP contribution in [0, 0.1) is 0 Å². The van der Waals surface area contributed by atoms with Crippen molar-refractivity contribution in [1.29, 1.82) is 0 Å². The van der Waals surface area contributed by atoms with Crippen molar-refractivity contribution < 1.29 is 31.1 Å². The number of alkyl halides is 6. The van der Waals surface area contributed by atoms with Crippen LogP contribution in [0.4, 0.5) is 26.3 Å². The van der Waals surface area contributed by atoms with Crippen LogP contribution in [0.1, 0.15) is 22.7 Å². The summed E-state index contributed by atoms with van der Waals surface area (Å²) in [5.74, 6) is -0.538. The van der Waals surface area contributed by atoms with Crippen LogP contribution in [0.25, 0.3) is 0 Å². The third kappa shape index (κ3) is 5.82. The summed E-state index contributed by atoms with van der Waals surface area (Å²) in [6.45, 7) is -0.261. The normalized spacial score (nSPS) is 13.1. The molecule has 0 saturated heterocycles. The SMILES string of the molecule is Cl.NC(COc1cc(C(F)(F)F)cc(C(F)(F)F)c1)c1ccccc1. The summed E-state index contributed by atoms with van der Waals surface area (Å²) in [4.78, 5) is 0. The van der Waals surface area contributed by atoms with E-state index in [2.05, 4.69) is 0 Å². The Hall–Kier alpha value is -1.93. The fourth-order valence-corrected chi connectivity index (χ4v) is 1.99. The Kier molecular flexibility index (Phi) is 6.73. The number of nitrogens with two attached hydrogens (primary N) is 1. The molecular weight excluding hydrogens is 372 g/mol. The first-order valence-electron chi connectivity index (χ1n) is 6.80. The third-order valence-corrected chi connectivity index (χ3v) is 3.22. The van der Waals surface area contributed by atoms with Crippen LogP contribution in [0.5, 0.6) is 5.75 Å². The lowest BCUT2D eigenvalue weighted by molar-refractivity contribution is -0.143. The van der Waals surface area contributed by atoms with Crippen LogP contribution < -0.4 is 10.5 Å². The number of benzene rings is 2. The molecule has 9 heteroatoms. The first kappa shape index (κ1) is 21.1. The molecule has 2 N–H and O–H groups in total. The standard InChI is InChI=1S/C16H13F6NO.ClH/c17-15(18,19)11-6-12(16(20,21)22)8-13(7-11)24-9-14(23)10-4-2-1-3-5-10;/h1-8,14H,9,23H2;1H. The van der Waals surface area contributed by atoms with Gasteiger partial charge >= 0.3 is 12.4 Å². The second-order valence-electron chi connectivity index (χ2n) is 5.07. The van der Waals surface area contributed by atoms with E-state index in [1.807, 2.05) is 0 Å². The van der Waals surface area contributed by atoms with Crippen molar-refractivity contribution in [3.05, 3.63) is 65.2 Å². The summed E-state index contributed by atoms with van der Waals surface area (Å²) < 4.78 is 81.6. The highest BCUT2D eigenvalue weighted by Crippen LogP contribution is 2.38. The van der Waals surface area contributed by atoms with Gasteiger partial charge < -0.3 is 10.5 Å². The Morgan fingerprint density at radius 2 is 1.32 bits per heavy atom. The van der Waals surface area contributed by atoms with E-state index in [0.29, 0.717) is 17.7 Å². The zero-order chi connectivity index (χ0) is 18.0. The Labute approximate surface area is 146 Å². The molecule has 0 aliphatic rings. The van der Waals surface area contributed by atoms with E-state index in [0.717, 1.165) is 0 Å². The van der Waals surface area contributed by atoms with Gasteiger partial charge in [0.2, 0.25) is 0 Å². The van der Waals surface area contributed by atoms with Gasteiger partial charge in [0.15, 0.2) is 0 Å². The maximum Gasteiger partial charge on any atom is 0.416 e. The largest absolute Gasteiger partial charge is 0.492 e. The average Bonchev–Trinajstić information content (AvgIpc) is 2.51. The van der Waals surface area contributed by atoms with Crippen molar-refractivity contribution >= 4 is 12.4 Å². The molecular formula is C16H14ClF6NO. The highest BCUT2D eigenvalue weighted by molar-refractivity contribution is 5.85. The van der Waals surface area contributed by atoms with Gasteiger partial charge in [-0.3, -0.25) is 0 Å². The topological polar surface area (TPSA) is 35.2 Å². The first-order chi connectivity index (χ1) is 11.1. The van der Waals surface area contributed by atoms with E-state index in [1.165, 1.54) is 0 Å². The van der Waals surface area contributed by atoms with Crippen molar-refractivity contribution in [1.82, 2.24) is 0 Å². The van der Waals surface area contributed by atoms with Crippen LogP contribution in [0.2, 0.25) is 0 Å². The summed E-state index contributed by atoms with van der Waals surface area (Å²) in [5.41, 5.74) is 3.61. The summed E-state index contributed by atoms with van der Waals surface area (Å²) in [6, 6.07) is 8.93. The molecule has 0 radical (unpaired) electrons. The summed E-state index contributed by atoms with van der Waals surface area (Å²) in [7, 11) is 0. The number of rotatable bonds is 4. The molecule has 1 unspecified atom stereocenters. The van der Waals surface area contributed by atoms with Crippen LogP contribution in [0.15, 0.2) is 48.5 Å². The Morgan fingerprint density at radius 3 is 1.76 bits per heavy atom. The van der Waals surface area contributed by atoms with Crippen molar-refractivity contribution in [3.63, 3.8) is 0 Å². The van der Waals surface area contributed by atoms with Crippen LogP contribution in [-0.2, 0) is 12.4 Å². The molecule has 2 nitrogen and oxygen atoms in total. The smallest absolute Gasteiger partial charge is 0.416 e. The second-order valence-corrected chi connectivity index (χ2v) is 5.07. The van der Waals surface area contributed by atoms with E-state index in [9.17, 15) is 26.3 Å². The quantitative estimate of drug-likeness (QED) is 0.732. The number of hydrogen-bond acceptors (Lipinski definition) is 2. The predicted octanol–water partition coefficient (Wildman–Crippen LogP) is 5.22. The van der Waals surface area contributed by atoms with Gasteiger partial charge in [-0.25, -0.2) is 0 Å². The maximum atomic E-state index is 12.8. The van der Waals surface area contributed by atoms with E-state index >= 15 is 0 Å². The van der Waals surface area contributed by atoms with Gasteiger partial charge in [-0.1, -0.05) is 30.3 Å². The zero-order valence-corrected chi connectivity index (χ0v) is 13.4. The Morgan fingerprint density at radius 1 is 0.840 bits per heavy atom. The summed E-state index contributed by atoms with van der Waals surface area (Å²) in [6.07, 6.45) is -9.83. The first-order valence-corrected chi connectivity index (χ1v) is 6.80. The molecule has 0 aromatic heterocycles. The minimum Gasteiger partial charge on any atom is -0.492 e. The lowest BCUT2D eigenvalue weighted by atomic mass is 10.1. The highest BCUT2D eigenvalue weighted by atomic mass is 35.5. The fourth-order valence-electron chi connectivity index (χ4n) is 1.99. The molecule has 2 aromatic rings. The van der Waals surface area contributed by atoms with E-state index in [1.54, 1.807) is 30.3 Å². The minimum atomic E-state index is -4.92. The number of halogens is 7. The number of hydrogen-bond donors (Lipinski definition) is 1. The van der Waals surface area contributed by atoms with Gasteiger partial charge in [-0.05, 0) is 23.8 Å². The van der Waals surface area contributed by atoms with Crippen molar-refractivity contribution in [2.75, 3.05) is 6.61 Å². The molecule has 25 heavy (non-hydrogen) atoms. The van der Waals surface area contributed by atoms with Crippen molar-refractivity contribution in [3.8, 4) is 5.75 Å². The van der Waals surface area contributed by atoms with Crippen LogP contribution in [-0.4, -0.2) is 6.61 Å². The molecule has 0 saturated carbocycles. The van der Waals surface area contributed by atoms with Crippen LogP contribution >= 0.6 is 12.4 Å². The van der Waals surface area contributed by atoms with Gasteiger partial charge in [-0.15, -0.1) is 12.4 Å². The van der Waals surface area contributed by atoms with Gasteiger partial charge in [-0.2, -0.15) is 26.3 Å². The molecule has 0 heterocycles. The predicted molar refractivity (Wildman–Crippen MR) is 82.6 cm³/mol. The van der Waals surface area contributed by atoms with Crippen LogP contribution in [0.3, 0.4) is 0 Å². The van der Waals surface area contributed by atoms with Gasteiger partial charge in [0.1, 0.15) is 12.4 Å². The highest BCUT2D eigenvalue weighted by Gasteiger charge is 2.37. The van der Waals surface area contributed by atoms with Gasteiger partial charge in [0.25, 0.3) is 0 Å². The van der Waals surface area contributed by atoms with E-state index < -0.39 is 35.3 Å². The molecule has 2 aromatic carbocycles. The Balaban J connectivity index is 0.00000312. The maximum absolute atomic E-state index is 12.8. The monoisotopic (exact) mass is 385 g/mol. The lowest BCUT2D eigenvalue weighted by Gasteiger charge is -2.17.